The fraction of sp³-hybridized carbons (Fsp3) is 0.471. The third kappa shape index (κ3) is 3.05. The number of fused-ring (bicyclic) bond motifs is 1. The molecule has 2 aromatic rings. The number of amides is 1. The van der Waals surface area contributed by atoms with Gasteiger partial charge in [0, 0.05) is 13.5 Å². The Kier molecular flexibility index (Phi) is 4.04. The van der Waals surface area contributed by atoms with Crippen LogP contribution in [0.4, 0.5) is 0 Å². The van der Waals surface area contributed by atoms with Gasteiger partial charge in [0.2, 0.25) is 11.8 Å². The first-order valence-electron chi connectivity index (χ1n) is 8.25. The van der Waals surface area contributed by atoms with Crippen LogP contribution in [0.3, 0.4) is 0 Å². The Bertz CT molecular complexity index is 790. The monoisotopic (exact) mass is 345 g/mol. The van der Waals surface area contributed by atoms with Crippen molar-refractivity contribution in [1.29, 1.82) is 0 Å². The van der Waals surface area contributed by atoms with Gasteiger partial charge in [-0.2, -0.15) is 0 Å². The smallest absolute Gasteiger partial charge is 0.257 e. The van der Waals surface area contributed by atoms with E-state index in [1.54, 1.807) is 30.0 Å². The summed E-state index contributed by atoms with van der Waals surface area (Å²) in [5, 5.41) is 7.85. The first-order valence-corrected chi connectivity index (χ1v) is 8.25. The number of carbonyl (C=O) groups excluding carboxylic acids is 1. The molecule has 2 aliphatic heterocycles. The molecule has 4 rings (SSSR count). The van der Waals surface area contributed by atoms with Gasteiger partial charge in [0.1, 0.15) is 13.2 Å². The Morgan fingerprint density at radius 3 is 2.84 bits per heavy atom. The summed E-state index contributed by atoms with van der Waals surface area (Å²) in [5.74, 6) is 1.83. The largest absolute Gasteiger partial charge is 0.486 e. The maximum absolute atomic E-state index is 13.1. The van der Waals surface area contributed by atoms with Crippen LogP contribution < -0.4 is 9.47 Å². The average Bonchev–Trinajstić information content (AvgIpc) is 3.06. The molecule has 132 valence electrons. The van der Waals surface area contributed by atoms with E-state index in [2.05, 4.69) is 10.2 Å². The van der Waals surface area contributed by atoms with Crippen molar-refractivity contribution in [2.24, 2.45) is 0 Å². The normalized spacial score (nSPS) is 22.7. The van der Waals surface area contributed by atoms with E-state index in [1.165, 1.54) is 0 Å². The van der Waals surface area contributed by atoms with Crippen molar-refractivity contribution in [1.82, 2.24) is 15.1 Å². The van der Waals surface area contributed by atoms with Gasteiger partial charge >= 0.3 is 0 Å². The van der Waals surface area contributed by atoms with E-state index in [9.17, 15) is 4.79 Å². The second kappa shape index (κ2) is 6.36. The van der Waals surface area contributed by atoms with Gasteiger partial charge in [-0.05, 0) is 19.1 Å². The number of rotatable bonds is 2. The number of benzene rings is 1. The number of para-hydroxylation sites is 1. The molecule has 0 N–H and O–H groups in total. The van der Waals surface area contributed by atoms with Crippen LogP contribution >= 0.6 is 0 Å². The summed E-state index contributed by atoms with van der Waals surface area (Å²) >= 11 is 0. The highest BCUT2D eigenvalue weighted by Crippen LogP contribution is 2.35. The zero-order valence-electron chi connectivity index (χ0n) is 14.1. The van der Waals surface area contributed by atoms with Crippen molar-refractivity contribution < 1.29 is 23.4 Å². The highest BCUT2D eigenvalue weighted by Gasteiger charge is 2.34. The highest BCUT2D eigenvalue weighted by molar-refractivity contribution is 5.98. The van der Waals surface area contributed by atoms with Crippen molar-refractivity contribution in [3.63, 3.8) is 0 Å². The van der Waals surface area contributed by atoms with Gasteiger partial charge in [-0.15, -0.1) is 10.2 Å². The van der Waals surface area contributed by atoms with Gasteiger partial charge in [0.15, 0.2) is 17.6 Å². The first-order chi connectivity index (χ1) is 12.1. The summed E-state index contributed by atoms with van der Waals surface area (Å²) in [7, 11) is 0. The van der Waals surface area contributed by atoms with E-state index in [-0.39, 0.29) is 12.0 Å². The minimum atomic E-state index is -0.439. The summed E-state index contributed by atoms with van der Waals surface area (Å²) in [6.45, 7) is 5.37. The quantitative estimate of drug-likeness (QED) is 0.819. The highest BCUT2D eigenvalue weighted by atomic mass is 16.6. The lowest BCUT2D eigenvalue weighted by Crippen LogP contribution is -2.46. The topological polar surface area (TPSA) is 86.9 Å². The predicted molar refractivity (Wildman–Crippen MR) is 85.7 cm³/mol. The number of hydrogen-bond donors (Lipinski definition) is 0. The van der Waals surface area contributed by atoms with Crippen LogP contribution in [0.25, 0.3) is 0 Å². The van der Waals surface area contributed by atoms with Gasteiger partial charge in [0.25, 0.3) is 5.91 Å². The fourth-order valence-corrected chi connectivity index (χ4v) is 3.11. The number of aryl methyl sites for hydroxylation is 1. The Hall–Kier alpha value is -2.61. The maximum Gasteiger partial charge on any atom is 0.257 e. The van der Waals surface area contributed by atoms with E-state index in [0.717, 1.165) is 0 Å². The van der Waals surface area contributed by atoms with E-state index in [0.29, 0.717) is 55.1 Å². The van der Waals surface area contributed by atoms with Crippen LogP contribution in [0.1, 0.15) is 35.2 Å². The van der Waals surface area contributed by atoms with Crippen LogP contribution in [0.2, 0.25) is 0 Å². The second-order valence-corrected chi connectivity index (χ2v) is 6.13. The molecule has 0 unspecified atom stereocenters. The van der Waals surface area contributed by atoms with E-state index in [4.69, 9.17) is 18.6 Å². The van der Waals surface area contributed by atoms with Crippen LogP contribution in [0.15, 0.2) is 22.6 Å². The summed E-state index contributed by atoms with van der Waals surface area (Å²) in [5.41, 5.74) is 0.492. The van der Waals surface area contributed by atoms with Crippen LogP contribution in [0.5, 0.6) is 11.5 Å². The van der Waals surface area contributed by atoms with Gasteiger partial charge in [-0.25, -0.2) is 0 Å². The number of hydrogen-bond acceptors (Lipinski definition) is 7. The molecule has 1 amide bonds. The summed E-state index contributed by atoms with van der Waals surface area (Å²) in [4.78, 5) is 14.8. The molecule has 8 heteroatoms. The zero-order valence-corrected chi connectivity index (χ0v) is 14.1. The van der Waals surface area contributed by atoms with Crippen molar-refractivity contribution in [3.8, 4) is 11.5 Å². The maximum atomic E-state index is 13.1. The summed E-state index contributed by atoms with van der Waals surface area (Å²) < 4.78 is 22.6. The summed E-state index contributed by atoms with van der Waals surface area (Å²) in [6.07, 6.45) is -0.586. The molecule has 1 saturated heterocycles. The molecule has 1 aromatic carbocycles. The molecule has 0 radical (unpaired) electrons. The lowest BCUT2D eigenvalue weighted by atomic mass is 10.1. The second-order valence-electron chi connectivity index (χ2n) is 6.13. The molecule has 0 saturated carbocycles. The Balaban J connectivity index is 1.59. The fourth-order valence-electron chi connectivity index (χ4n) is 3.11. The molecule has 1 fully saturated rings. The van der Waals surface area contributed by atoms with Crippen LogP contribution in [-0.2, 0) is 4.74 Å². The Morgan fingerprint density at radius 2 is 2.04 bits per heavy atom. The SMILES string of the molecule is Cc1nnc([C@H]2CN(C(=O)c3cccc4c3OCCO4)C[C@@H](C)O2)o1. The van der Waals surface area contributed by atoms with Crippen molar-refractivity contribution >= 4 is 5.91 Å². The van der Waals surface area contributed by atoms with E-state index < -0.39 is 6.10 Å². The van der Waals surface area contributed by atoms with E-state index in [1.807, 2.05) is 6.92 Å². The first kappa shape index (κ1) is 15.9. The molecular formula is C17H19N3O5. The molecule has 0 bridgehead atoms. The molecular weight excluding hydrogens is 326 g/mol. The predicted octanol–water partition coefficient (Wildman–Crippen LogP) is 1.75. The number of aromatic nitrogens is 2. The standard InChI is InChI=1S/C17H19N3O5/c1-10-8-20(9-14(24-10)16-19-18-11(2)25-16)17(21)12-4-3-5-13-15(12)23-7-6-22-13/h3-5,10,14H,6-9H2,1-2H3/t10-,14-/m1/s1. The average molecular weight is 345 g/mol. The number of ether oxygens (including phenoxy) is 3. The van der Waals surface area contributed by atoms with E-state index >= 15 is 0 Å². The number of carbonyl (C=O) groups is 1. The number of nitrogens with zero attached hydrogens (tertiary/aromatic N) is 3. The third-order valence-corrected chi connectivity index (χ3v) is 4.16. The number of morpholine rings is 1. The van der Waals surface area contributed by atoms with Gasteiger partial charge in [-0.3, -0.25) is 4.79 Å². The van der Waals surface area contributed by atoms with Crippen molar-refractivity contribution in [2.75, 3.05) is 26.3 Å². The van der Waals surface area contributed by atoms with Crippen LogP contribution in [0, 0.1) is 6.92 Å². The minimum absolute atomic E-state index is 0.126. The Labute approximate surface area is 144 Å². The van der Waals surface area contributed by atoms with Gasteiger partial charge in [-0.1, -0.05) is 6.07 Å². The molecule has 2 atom stereocenters. The third-order valence-electron chi connectivity index (χ3n) is 4.16. The molecule has 25 heavy (non-hydrogen) atoms. The lowest BCUT2D eigenvalue weighted by Gasteiger charge is -2.35. The summed E-state index contributed by atoms with van der Waals surface area (Å²) in [6, 6.07) is 5.35. The molecule has 3 heterocycles. The lowest BCUT2D eigenvalue weighted by molar-refractivity contribution is -0.0797. The van der Waals surface area contributed by atoms with Crippen molar-refractivity contribution in [2.45, 2.75) is 26.1 Å². The minimum Gasteiger partial charge on any atom is -0.486 e. The van der Waals surface area contributed by atoms with Crippen molar-refractivity contribution in [3.05, 3.63) is 35.5 Å². The molecule has 0 aliphatic carbocycles. The van der Waals surface area contributed by atoms with Gasteiger partial charge in [0.05, 0.1) is 18.2 Å². The molecule has 8 nitrogen and oxygen atoms in total. The molecule has 1 aromatic heterocycles. The molecule has 0 spiro atoms. The Morgan fingerprint density at radius 1 is 1.20 bits per heavy atom. The van der Waals surface area contributed by atoms with Gasteiger partial charge < -0.3 is 23.5 Å². The molecule has 2 aliphatic rings. The zero-order chi connectivity index (χ0) is 17.4. The van der Waals surface area contributed by atoms with Crippen LogP contribution in [-0.4, -0.2) is 53.4 Å².